The molecule has 0 aliphatic rings. The molecule has 0 fully saturated rings. The summed E-state index contributed by atoms with van der Waals surface area (Å²) in [5.41, 5.74) is 41.1. The van der Waals surface area contributed by atoms with E-state index in [0.29, 0.717) is 99.7 Å². The van der Waals surface area contributed by atoms with E-state index in [0.717, 1.165) is 33.4 Å². The minimum Gasteiger partial charge on any atom is -0.125 e. The van der Waals surface area contributed by atoms with Crippen molar-refractivity contribution in [2.45, 2.75) is 349 Å². The van der Waals surface area contributed by atoms with Gasteiger partial charge in [-0.1, -0.05) is 358 Å². The van der Waals surface area contributed by atoms with Crippen molar-refractivity contribution >= 4 is 178 Å². The van der Waals surface area contributed by atoms with Gasteiger partial charge < -0.3 is 0 Å². The number of fused-ring (bicyclic) bond motifs is 15. The Morgan fingerprint density at radius 3 is 0.325 bits per heavy atom. The third kappa shape index (κ3) is 15.5. The standard InChI is InChI=1S/C120H150Si6/c1-73(2)121(74(3)4,75(5)6)55-49-103-97-43-37-38-44-98(97)104(50-56-122(76(7)8,77(9)10)78(11)12)110-62-92-68-116-115(67-91(92)61-109(103)110)117-69-93-63-111-105(51-57-123(79(13)14,80(15)16)81(17)18)99-45-39-40-46-100(99)107(53-59-125(85(25)26,86(27)28)87(29)30)113(111)65-95(93)71-119(117)120-72-96-66-114-108(54-60-126(88(31)32,89(33)34)90(35)36)102-48-42-41-47-101(102)106(112(114)64-94(96)70-118(116)120)52-58-124(82(19)20,83(21)22)84(23)24/h37-48,61-90H,1-36H3. The Bertz CT molecular complexity index is 5670. The molecule has 0 aromatic heterocycles. The summed E-state index contributed by atoms with van der Waals surface area (Å²) in [6, 6.07) is 58.3. The van der Waals surface area contributed by atoms with Crippen LogP contribution in [0.15, 0.2) is 146 Å². The monoisotopic (exact) mass is 1760 g/mol. The molecule has 13 aromatic rings. The predicted octanol–water partition coefficient (Wildman–Crippen LogP) is 36.9. The zero-order chi connectivity index (χ0) is 92.2. The Morgan fingerprint density at radius 2 is 0.230 bits per heavy atom. The lowest BCUT2D eigenvalue weighted by atomic mass is 9.85. The van der Waals surface area contributed by atoms with Gasteiger partial charge in [0, 0.05) is 33.4 Å². The summed E-state index contributed by atoms with van der Waals surface area (Å²) in [5, 5.41) is 28.9. The largest absolute Gasteiger partial charge is 0.146 e. The first-order valence-corrected chi connectivity index (χ1v) is 62.3. The first-order chi connectivity index (χ1) is 59.3. The Kier molecular flexibility index (Phi) is 27.3. The molecule has 0 nitrogen and oxygen atoms in total. The van der Waals surface area contributed by atoms with Crippen LogP contribution < -0.4 is 0 Å². The van der Waals surface area contributed by atoms with E-state index in [1.807, 2.05) is 0 Å². The van der Waals surface area contributed by atoms with Crippen LogP contribution in [0.25, 0.3) is 129 Å². The van der Waals surface area contributed by atoms with Crippen LogP contribution in [-0.2, 0) is 0 Å². The second kappa shape index (κ2) is 36.2. The quantitative estimate of drug-likeness (QED) is 0.0348. The SMILES string of the molecule is CC(C)[Si](C#Cc1c2ccccc2c(C#C[Si](C(C)C)(C(C)C)C(C)C)c2cc3cc4c(cc3cc12)c1cc2cc3c(C#C[Si](C(C)C)(C(C)C)C(C)C)c5ccccc5c(C#C[Si](C(C)C)(C(C)C)C(C)C)c3cc2cc1c1cc2cc3c(C#C[Si](C(C)C)(C(C)C)C(C)C)c5ccccc5c(C#C[Si](C(C)C)(C(C)C)C(C)C)c3cc2cc41)(C(C)C)C(C)C. The molecule has 0 atom stereocenters. The van der Waals surface area contributed by atoms with Crippen molar-refractivity contribution in [1.29, 1.82) is 0 Å². The molecule has 13 aromatic carbocycles. The normalized spacial score (nSPS) is 13.2. The number of hydrogen-bond acceptors (Lipinski definition) is 0. The van der Waals surface area contributed by atoms with Gasteiger partial charge >= 0.3 is 0 Å². The molecular formula is C120H150Si6. The van der Waals surface area contributed by atoms with E-state index in [9.17, 15) is 0 Å². The molecule has 0 spiro atoms. The van der Waals surface area contributed by atoms with Gasteiger partial charge in [0.05, 0.1) is 0 Å². The summed E-state index contributed by atoms with van der Waals surface area (Å²) in [6.45, 7) is 88.2. The molecule has 0 saturated heterocycles. The van der Waals surface area contributed by atoms with Gasteiger partial charge in [-0.15, -0.1) is 33.3 Å². The maximum absolute atomic E-state index is 4.31. The topological polar surface area (TPSA) is 0 Å². The molecule has 0 unspecified atom stereocenters. The van der Waals surface area contributed by atoms with E-state index in [1.54, 1.807) is 0 Å². The van der Waals surface area contributed by atoms with Gasteiger partial charge in [-0.05, 0) is 302 Å². The second-order valence-electron chi connectivity index (χ2n) is 44.2. The van der Waals surface area contributed by atoms with E-state index in [1.165, 1.54) is 129 Å². The Hall–Kier alpha value is -8.36. The minimum absolute atomic E-state index is 0.472. The highest BCUT2D eigenvalue weighted by Crippen LogP contribution is 2.52. The summed E-state index contributed by atoms with van der Waals surface area (Å²) < 4.78 is 0. The van der Waals surface area contributed by atoms with Crippen molar-refractivity contribution in [3.8, 4) is 68.8 Å². The van der Waals surface area contributed by atoms with Gasteiger partial charge in [0.2, 0.25) is 0 Å². The van der Waals surface area contributed by atoms with Crippen LogP contribution in [0.5, 0.6) is 0 Å². The molecule has 0 amide bonds. The van der Waals surface area contributed by atoms with E-state index >= 15 is 0 Å². The molecule has 13 rings (SSSR count). The molecule has 0 aliphatic carbocycles. The van der Waals surface area contributed by atoms with E-state index in [4.69, 9.17) is 0 Å². The van der Waals surface area contributed by atoms with Crippen LogP contribution in [0.1, 0.15) is 283 Å². The lowest BCUT2D eigenvalue weighted by Gasteiger charge is -2.38. The molecular weight excluding hydrogens is 1610 g/mol. The Labute approximate surface area is 768 Å². The maximum atomic E-state index is 4.31. The van der Waals surface area contributed by atoms with Gasteiger partial charge in [0.25, 0.3) is 0 Å². The zero-order valence-corrected chi connectivity index (χ0v) is 90.2. The maximum Gasteiger partial charge on any atom is 0.146 e. The molecule has 0 bridgehead atoms. The van der Waals surface area contributed by atoms with Gasteiger partial charge in [-0.2, -0.15) is 0 Å². The lowest BCUT2D eigenvalue weighted by molar-refractivity contribution is 0.838. The molecule has 0 radical (unpaired) electrons. The van der Waals surface area contributed by atoms with Crippen molar-refractivity contribution < 1.29 is 0 Å². The first-order valence-electron chi connectivity index (χ1n) is 48.9. The number of rotatable bonds is 18. The average molecular weight is 1760 g/mol. The van der Waals surface area contributed by atoms with Crippen molar-refractivity contribution in [2.24, 2.45) is 0 Å². The van der Waals surface area contributed by atoms with Crippen molar-refractivity contribution in [1.82, 2.24) is 0 Å². The Morgan fingerprint density at radius 1 is 0.135 bits per heavy atom. The van der Waals surface area contributed by atoms with Crippen LogP contribution in [-0.4, -0.2) is 48.4 Å². The fourth-order valence-electron chi connectivity index (χ4n) is 26.7. The Balaban J connectivity index is 1.29. The van der Waals surface area contributed by atoms with Gasteiger partial charge in [0.1, 0.15) is 48.4 Å². The summed E-state index contributed by atoms with van der Waals surface area (Å²) in [6.07, 6.45) is 0. The van der Waals surface area contributed by atoms with Crippen LogP contribution in [0.4, 0.5) is 0 Å². The molecule has 126 heavy (non-hydrogen) atoms. The van der Waals surface area contributed by atoms with Crippen LogP contribution in [0.3, 0.4) is 0 Å². The fraction of sp³-hybridized carbons (Fsp3) is 0.450. The van der Waals surface area contributed by atoms with E-state index in [2.05, 4.69) is 464 Å². The van der Waals surface area contributed by atoms with Crippen molar-refractivity contribution in [3.05, 3.63) is 179 Å². The summed E-state index contributed by atoms with van der Waals surface area (Å²) in [5.74, 6) is 25.1. The third-order valence-electron chi connectivity index (χ3n) is 32.8. The summed E-state index contributed by atoms with van der Waals surface area (Å²) in [7, 11) is -13.4. The van der Waals surface area contributed by atoms with E-state index in [-0.39, 0.29) is 0 Å². The molecule has 0 N–H and O–H groups in total. The summed E-state index contributed by atoms with van der Waals surface area (Å²) >= 11 is 0. The number of benzene rings is 13. The lowest BCUT2D eigenvalue weighted by Crippen LogP contribution is -2.43. The molecule has 6 heteroatoms. The van der Waals surface area contributed by atoms with Crippen LogP contribution in [0, 0.1) is 68.8 Å². The summed E-state index contributed by atoms with van der Waals surface area (Å²) in [4.78, 5) is 0. The first kappa shape index (κ1) is 95.2. The van der Waals surface area contributed by atoms with Gasteiger partial charge in [0.15, 0.2) is 0 Å². The third-order valence-corrected chi connectivity index (χ3v) is 70.6. The second-order valence-corrected chi connectivity index (χ2v) is 77.7. The zero-order valence-electron chi connectivity index (χ0n) is 84.2. The average Bonchev–Trinajstić information content (AvgIpc) is 0.704. The highest BCUT2D eigenvalue weighted by molar-refractivity contribution is 6.93. The smallest absolute Gasteiger partial charge is 0.125 e. The molecule has 0 aliphatic heterocycles. The predicted molar refractivity (Wildman–Crippen MR) is 584 cm³/mol. The number of hydrogen-bond donors (Lipinski definition) is 0. The van der Waals surface area contributed by atoms with Crippen LogP contribution in [0.2, 0.25) is 99.7 Å². The minimum atomic E-state index is -2.24. The van der Waals surface area contributed by atoms with E-state index < -0.39 is 48.4 Å². The van der Waals surface area contributed by atoms with Crippen molar-refractivity contribution in [3.63, 3.8) is 0 Å². The van der Waals surface area contributed by atoms with Crippen molar-refractivity contribution in [2.75, 3.05) is 0 Å². The highest BCUT2D eigenvalue weighted by Gasteiger charge is 2.47. The highest BCUT2D eigenvalue weighted by atomic mass is 28.3. The van der Waals surface area contributed by atoms with Crippen LogP contribution >= 0.6 is 0 Å². The fourth-order valence-corrected chi connectivity index (χ4v) is 57.9. The molecule has 654 valence electrons. The van der Waals surface area contributed by atoms with Gasteiger partial charge in [-0.25, -0.2) is 0 Å². The van der Waals surface area contributed by atoms with Gasteiger partial charge in [-0.3, -0.25) is 0 Å². The molecule has 0 saturated carbocycles. The molecule has 0 heterocycles.